The first kappa shape index (κ1) is 15.6. The molecular weight excluding hydrogens is 300 g/mol. The van der Waals surface area contributed by atoms with Gasteiger partial charge in [0.1, 0.15) is 5.65 Å². The lowest BCUT2D eigenvalue weighted by atomic mass is 10.0. The molecule has 0 radical (unpaired) electrons. The van der Waals surface area contributed by atoms with Gasteiger partial charge in [-0.1, -0.05) is 6.07 Å². The van der Waals surface area contributed by atoms with Gasteiger partial charge in [0.15, 0.2) is 0 Å². The van der Waals surface area contributed by atoms with Gasteiger partial charge in [-0.05, 0) is 50.8 Å². The van der Waals surface area contributed by atoms with Gasteiger partial charge in [-0.25, -0.2) is 4.98 Å². The van der Waals surface area contributed by atoms with Crippen molar-refractivity contribution in [1.29, 1.82) is 0 Å². The van der Waals surface area contributed by atoms with E-state index in [1.807, 2.05) is 0 Å². The van der Waals surface area contributed by atoms with E-state index in [-0.39, 0.29) is 5.91 Å². The number of rotatable bonds is 3. The number of hydrogen-bond acceptors (Lipinski definition) is 3. The molecule has 2 aliphatic rings. The van der Waals surface area contributed by atoms with Gasteiger partial charge in [-0.15, -0.1) is 0 Å². The van der Waals surface area contributed by atoms with Crippen LogP contribution in [-0.4, -0.2) is 50.3 Å². The molecule has 128 valence electrons. The standard InChI is InChI=1S/C19H26N4O/c1-14-6-3-10-22-13-16(20-19(14)22)12-21-9-4-7-17(21)18-8-5-11-23(18)15(2)24/h3,6,10,13,17-18H,4-5,7-9,11-12H2,1-2H3/t17-,18+/m1/s1. The molecule has 5 nitrogen and oxygen atoms in total. The van der Waals surface area contributed by atoms with Crippen LogP contribution >= 0.6 is 0 Å². The molecule has 1 amide bonds. The van der Waals surface area contributed by atoms with Gasteiger partial charge in [0, 0.05) is 44.5 Å². The first-order valence-corrected chi connectivity index (χ1v) is 9.08. The highest BCUT2D eigenvalue weighted by molar-refractivity contribution is 5.74. The monoisotopic (exact) mass is 326 g/mol. The molecule has 2 fully saturated rings. The van der Waals surface area contributed by atoms with Gasteiger partial charge in [0.25, 0.3) is 0 Å². The minimum Gasteiger partial charge on any atom is -0.338 e. The lowest BCUT2D eigenvalue weighted by Crippen LogP contribution is -2.47. The number of likely N-dealkylation sites (tertiary alicyclic amines) is 2. The predicted octanol–water partition coefficient (Wildman–Crippen LogP) is 2.62. The molecule has 0 spiro atoms. The van der Waals surface area contributed by atoms with Crippen molar-refractivity contribution in [2.45, 2.75) is 58.2 Å². The van der Waals surface area contributed by atoms with E-state index in [9.17, 15) is 4.79 Å². The Morgan fingerprint density at radius 2 is 2.04 bits per heavy atom. The molecule has 0 aromatic carbocycles. The molecule has 4 rings (SSSR count). The Morgan fingerprint density at radius 1 is 1.25 bits per heavy atom. The van der Waals surface area contributed by atoms with Crippen LogP contribution < -0.4 is 0 Å². The van der Waals surface area contributed by atoms with Crippen LogP contribution in [0.1, 0.15) is 43.9 Å². The fourth-order valence-corrected chi connectivity index (χ4v) is 4.56. The van der Waals surface area contributed by atoms with Crippen molar-refractivity contribution in [3.63, 3.8) is 0 Å². The average Bonchev–Trinajstić information content (AvgIpc) is 3.25. The summed E-state index contributed by atoms with van der Waals surface area (Å²) in [5, 5.41) is 0. The number of carbonyl (C=O) groups is 1. The highest BCUT2D eigenvalue weighted by Crippen LogP contribution is 2.31. The van der Waals surface area contributed by atoms with Gasteiger partial charge in [-0.3, -0.25) is 9.69 Å². The summed E-state index contributed by atoms with van der Waals surface area (Å²) in [6.07, 6.45) is 8.91. The maximum atomic E-state index is 11.9. The Labute approximate surface area is 143 Å². The van der Waals surface area contributed by atoms with Crippen LogP contribution in [0.5, 0.6) is 0 Å². The Morgan fingerprint density at radius 3 is 2.83 bits per heavy atom. The van der Waals surface area contributed by atoms with Crippen molar-refractivity contribution in [2.24, 2.45) is 0 Å². The molecule has 0 N–H and O–H groups in total. The summed E-state index contributed by atoms with van der Waals surface area (Å²) in [6, 6.07) is 5.05. The van der Waals surface area contributed by atoms with Crippen molar-refractivity contribution in [3.8, 4) is 0 Å². The van der Waals surface area contributed by atoms with E-state index in [1.165, 1.54) is 18.4 Å². The normalized spacial score (nSPS) is 25.0. The number of imidazole rings is 1. The topological polar surface area (TPSA) is 40.9 Å². The number of carbonyl (C=O) groups excluding carboxylic acids is 1. The molecule has 2 aromatic rings. The van der Waals surface area contributed by atoms with E-state index in [0.717, 1.165) is 43.8 Å². The predicted molar refractivity (Wildman–Crippen MR) is 93.8 cm³/mol. The van der Waals surface area contributed by atoms with E-state index >= 15 is 0 Å². The molecule has 0 unspecified atom stereocenters. The van der Waals surface area contributed by atoms with Crippen molar-refractivity contribution in [3.05, 3.63) is 35.8 Å². The summed E-state index contributed by atoms with van der Waals surface area (Å²) in [7, 11) is 0. The zero-order valence-corrected chi connectivity index (χ0v) is 14.6. The number of amides is 1. The SMILES string of the molecule is CC(=O)N1CCC[C@H]1[C@H]1CCCN1Cc1cn2cccc(C)c2n1. The molecule has 24 heavy (non-hydrogen) atoms. The maximum Gasteiger partial charge on any atom is 0.219 e. The molecular formula is C19H26N4O. The highest BCUT2D eigenvalue weighted by Gasteiger charge is 2.38. The fraction of sp³-hybridized carbons (Fsp3) is 0.579. The smallest absolute Gasteiger partial charge is 0.219 e. The second-order valence-electron chi connectivity index (χ2n) is 7.26. The van der Waals surface area contributed by atoms with E-state index in [2.05, 4.69) is 45.7 Å². The van der Waals surface area contributed by atoms with Gasteiger partial charge in [-0.2, -0.15) is 0 Å². The van der Waals surface area contributed by atoms with Crippen molar-refractivity contribution in [1.82, 2.24) is 19.2 Å². The Hall–Kier alpha value is -1.88. The van der Waals surface area contributed by atoms with Crippen LogP contribution in [0.3, 0.4) is 0 Å². The van der Waals surface area contributed by atoms with Gasteiger partial charge in [0.05, 0.1) is 5.69 Å². The average molecular weight is 326 g/mol. The third-order valence-electron chi connectivity index (χ3n) is 5.65. The molecule has 5 heteroatoms. The van der Waals surface area contributed by atoms with E-state index in [4.69, 9.17) is 4.98 Å². The fourth-order valence-electron chi connectivity index (χ4n) is 4.56. The zero-order valence-electron chi connectivity index (χ0n) is 14.6. The summed E-state index contributed by atoms with van der Waals surface area (Å²) in [5.74, 6) is 0.229. The van der Waals surface area contributed by atoms with Crippen molar-refractivity contribution in [2.75, 3.05) is 13.1 Å². The largest absolute Gasteiger partial charge is 0.338 e. The summed E-state index contributed by atoms with van der Waals surface area (Å²) >= 11 is 0. The number of aryl methyl sites for hydroxylation is 1. The number of aromatic nitrogens is 2. The molecule has 2 atom stereocenters. The molecule has 4 heterocycles. The molecule has 0 saturated carbocycles. The number of fused-ring (bicyclic) bond motifs is 1. The highest BCUT2D eigenvalue weighted by atomic mass is 16.2. The van der Waals surface area contributed by atoms with E-state index < -0.39 is 0 Å². The van der Waals surface area contributed by atoms with Crippen LogP contribution in [-0.2, 0) is 11.3 Å². The van der Waals surface area contributed by atoms with Crippen LogP contribution in [0.2, 0.25) is 0 Å². The van der Waals surface area contributed by atoms with Crippen molar-refractivity contribution >= 4 is 11.6 Å². The molecule has 2 aliphatic heterocycles. The van der Waals surface area contributed by atoms with Gasteiger partial charge in [0.2, 0.25) is 5.91 Å². The van der Waals surface area contributed by atoms with Gasteiger partial charge < -0.3 is 9.30 Å². The number of hydrogen-bond donors (Lipinski definition) is 0. The first-order chi connectivity index (χ1) is 11.6. The third-order valence-corrected chi connectivity index (χ3v) is 5.65. The first-order valence-electron chi connectivity index (χ1n) is 9.08. The summed E-state index contributed by atoms with van der Waals surface area (Å²) in [4.78, 5) is 21.4. The van der Waals surface area contributed by atoms with Crippen LogP contribution in [0, 0.1) is 6.92 Å². The van der Waals surface area contributed by atoms with Gasteiger partial charge >= 0.3 is 0 Å². The van der Waals surface area contributed by atoms with E-state index in [1.54, 1.807) is 6.92 Å². The number of nitrogens with zero attached hydrogens (tertiary/aromatic N) is 4. The minimum absolute atomic E-state index is 0.229. The van der Waals surface area contributed by atoms with E-state index in [0.29, 0.717) is 12.1 Å². The lowest BCUT2D eigenvalue weighted by Gasteiger charge is -2.34. The summed E-state index contributed by atoms with van der Waals surface area (Å²) < 4.78 is 2.12. The Kier molecular flexibility index (Phi) is 4.04. The second kappa shape index (κ2) is 6.20. The lowest BCUT2D eigenvalue weighted by molar-refractivity contribution is -0.130. The van der Waals surface area contributed by atoms with Crippen LogP contribution in [0.25, 0.3) is 5.65 Å². The molecule has 2 saturated heterocycles. The zero-order chi connectivity index (χ0) is 16.7. The number of pyridine rings is 1. The Bertz CT molecular complexity index is 753. The quantitative estimate of drug-likeness (QED) is 0.870. The maximum absolute atomic E-state index is 11.9. The summed E-state index contributed by atoms with van der Waals surface area (Å²) in [5.41, 5.74) is 3.39. The summed E-state index contributed by atoms with van der Waals surface area (Å²) in [6.45, 7) is 6.74. The molecule has 2 aromatic heterocycles. The second-order valence-corrected chi connectivity index (χ2v) is 7.26. The molecule has 0 aliphatic carbocycles. The van der Waals surface area contributed by atoms with Crippen LogP contribution in [0.4, 0.5) is 0 Å². The van der Waals surface area contributed by atoms with Crippen molar-refractivity contribution < 1.29 is 4.79 Å². The Balaban J connectivity index is 1.54. The molecule has 0 bridgehead atoms. The third kappa shape index (κ3) is 2.71. The minimum atomic E-state index is 0.229. The van der Waals surface area contributed by atoms with Crippen LogP contribution in [0.15, 0.2) is 24.5 Å².